The largest absolute Gasteiger partial charge is 0.452 e. The van der Waals surface area contributed by atoms with Crippen molar-refractivity contribution >= 4 is 17.6 Å². The van der Waals surface area contributed by atoms with Crippen molar-refractivity contribution in [2.45, 2.75) is 26.3 Å². The van der Waals surface area contributed by atoms with E-state index < -0.39 is 23.4 Å². The second-order valence-corrected chi connectivity index (χ2v) is 5.79. The normalized spacial score (nSPS) is 11.5. The molecule has 26 heavy (non-hydrogen) atoms. The number of para-hydroxylation sites is 1. The summed E-state index contributed by atoms with van der Waals surface area (Å²) < 4.78 is 4.93. The number of esters is 1. The van der Waals surface area contributed by atoms with Gasteiger partial charge in [0.15, 0.2) is 6.61 Å². The van der Waals surface area contributed by atoms with Crippen LogP contribution in [0.5, 0.6) is 0 Å². The van der Waals surface area contributed by atoms with Gasteiger partial charge in [-0.15, -0.1) is 0 Å². The summed E-state index contributed by atoms with van der Waals surface area (Å²) in [5.74, 6) is -1.37. The molecule has 0 fully saturated rings. The molecule has 0 saturated carbocycles. The molecule has 136 valence electrons. The van der Waals surface area contributed by atoms with Crippen LogP contribution >= 0.6 is 0 Å². The molecule has 0 spiro atoms. The van der Waals surface area contributed by atoms with Crippen LogP contribution in [0.1, 0.15) is 40.9 Å². The highest BCUT2D eigenvalue weighted by molar-refractivity contribution is 5.95. The molecule has 2 aromatic rings. The standard InChI is InChI=1S/C19H20N2O5/c1-3-16(14-10-8-13(2)9-11-14)20-18(22)12-26-19(23)15-6-4-5-7-17(15)21(24)25/h4-11,16H,3,12H2,1-2H3,(H,20,22)/t16-/m1/s1. The summed E-state index contributed by atoms with van der Waals surface area (Å²) in [6.45, 7) is 3.41. The summed E-state index contributed by atoms with van der Waals surface area (Å²) in [5.41, 5.74) is 1.53. The van der Waals surface area contributed by atoms with Gasteiger partial charge in [-0.25, -0.2) is 4.79 Å². The Morgan fingerprint density at radius 2 is 1.81 bits per heavy atom. The summed E-state index contributed by atoms with van der Waals surface area (Å²) in [5, 5.41) is 13.7. The lowest BCUT2D eigenvalue weighted by Crippen LogP contribution is -2.32. The van der Waals surface area contributed by atoms with Crippen LogP contribution < -0.4 is 5.32 Å². The van der Waals surface area contributed by atoms with E-state index in [1.54, 1.807) is 0 Å². The van der Waals surface area contributed by atoms with E-state index in [1.165, 1.54) is 24.3 Å². The number of amides is 1. The molecule has 2 aromatic carbocycles. The van der Waals surface area contributed by atoms with Crippen molar-refractivity contribution in [2.24, 2.45) is 0 Å². The third kappa shape index (κ3) is 4.89. The number of hydrogen-bond donors (Lipinski definition) is 1. The molecule has 0 unspecified atom stereocenters. The van der Waals surface area contributed by atoms with Gasteiger partial charge in [-0.1, -0.05) is 48.9 Å². The quantitative estimate of drug-likeness (QED) is 0.466. The lowest BCUT2D eigenvalue weighted by Gasteiger charge is -2.17. The van der Waals surface area contributed by atoms with Gasteiger partial charge in [-0.3, -0.25) is 14.9 Å². The van der Waals surface area contributed by atoms with Crippen molar-refractivity contribution in [2.75, 3.05) is 6.61 Å². The second-order valence-electron chi connectivity index (χ2n) is 5.79. The topological polar surface area (TPSA) is 98.5 Å². The van der Waals surface area contributed by atoms with Gasteiger partial charge in [-0.2, -0.15) is 0 Å². The van der Waals surface area contributed by atoms with Crippen LogP contribution in [-0.2, 0) is 9.53 Å². The Kier molecular flexibility index (Phi) is 6.43. The number of nitrogens with zero attached hydrogens (tertiary/aromatic N) is 1. The molecule has 0 aliphatic heterocycles. The van der Waals surface area contributed by atoms with E-state index >= 15 is 0 Å². The number of ether oxygens (including phenoxy) is 1. The number of nitro benzene ring substituents is 1. The zero-order valence-electron chi connectivity index (χ0n) is 14.6. The van der Waals surface area contributed by atoms with Crippen molar-refractivity contribution in [1.82, 2.24) is 5.32 Å². The maximum absolute atomic E-state index is 12.1. The molecular weight excluding hydrogens is 336 g/mol. The average Bonchev–Trinajstić information content (AvgIpc) is 2.65. The number of nitrogens with one attached hydrogen (secondary N) is 1. The van der Waals surface area contributed by atoms with Crippen LogP contribution in [0.2, 0.25) is 0 Å². The van der Waals surface area contributed by atoms with E-state index in [-0.39, 0.29) is 17.3 Å². The van der Waals surface area contributed by atoms with Crippen molar-refractivity contribution in [3.8, 4) is 0 Å². The minimum absolute atomic E-state index is 0.184. The van der Waals surface area contributed by atoms with Crippen LogP contribution in [0.3, 0.4) is 0 Å². The molecule has 0 saturated heterocycles. The summed E-state index contributed by atoms with van der Waals surface area (Å²) in [6.07, 6.45) is 0.674. The molecule has 0 bridgehead atoms. The van der Waals surface area contributed by atoms with Crippen LogP contribution in [-0.4, -0.2) is 23.4 Å². The van der Waals surface area contributed by atoms with E-state index in [1.807, 2.05) is 38.1 Å². The Labute approximate surface area is 151 Å². The van der Waals surface area contributed by atoms with E-state index in [4.69, 9.17) is 4.74 Å². The third-order valence-electron chi connectivity index (χ3n) is 3.88. The van der Waals surface area contributed by atoms with E-state index in [9.17, 15) is 19.7 Å². The molecule has 0 aliphatic carbocycles. The van der Waals surface area contributed by atoms with Crippen LogP contribution in [0, 0.1) is 17.0 Å². The van der Waals surface area contributed by atoms with Crippen molar-refractivity contribution < 1.29 is 19.2 Å². The highest BCUT2D eigenvalue weighted by Gasteiger charge is 2.21. The zero-order chi connectivity index (χ0) is 19.1. The van der Waals surface area contributed by atoms with Crippen molar-refractivity contribution in [3.05, 3.63) is 75.3 Å². The molecule has 1 N–H and O–H groups in total. The van der Waals surface area contributed by atoms with Crippen molar-refractivity contribution in [1.29, 1.82) is 0 Å². The lowest BCUT2D eigenvalue weighted by molar-refractivity contribution is -0.385. The Bertz CT molecular complexity index is 802. The first kappa shape index (κ1) is 19.1. The number of carbonyl (C=O) groups excluding carboxylic acids is 2. The summed E-state index contributed by atoms with van der Waals surface area (Å²) in [6, 6.07) is 13.0. The zero-order valence-corrected chi connectivity index (χ0v) is 14.6. The fourth-order valence-electron chi connectivity index (χ4n) is 2.47. The van der Waals surface area contributed by atoms with Crippen LogP contribution in [0.4, 0.5) is 5.69 Å². The molecule has 7 nitrogen and oxygen atoms in total. The second kappa shape index (κ2) is 8.75. The molecule has 1 atom stereocenters. The van der Waals surface area contributed by atoms with E-state index in [0.29, 0.717) is 6.42 Å². The number of benzene rings is 2. The first-order valence-electron chi connectivity index (χ1n) is 8.18. The summed E-state index contributed by atoms with van der Waals surface area (Å²) in [7, 11) is 0. The number of hydrogen-bond acceptors (Lipinski definition) is 5. The monoisotopic (exact) mass is 356 g/mol. The van der Waals surface area contributed by atoms with Gasteiger partial charge in [-0.05, 0) is 25.0 Å². The number of aryl methyl sites for hydroxylation is 1. The first-order chi connectivity index (χ1) is 12.4. The summed E-state index contributed by atoms with van der Waals surface area (Å²) in [4.78, 5) is 34.4. The van der Waals surface area contributed by atoms with Gasteiger partial charge in [0.1, 0.15) is 5.56 Å². The van der Waals surface area contributed by atoms with Gasteiger partial charge >= 0.3 is 5.97 Å². The highest BCUT2D eigenvalue weighted by atomic mass is 16.6. The van der Waals surface area contributed by atoms with Gasteiger partial charge < -0.3 is 10.1 Å². The maximum Gasteiger partial charge on any atom is 0.345 e. The lowest BCUT2D eigenvalue weighted by atomic mass is 10.0. The fraction of sp³-hybridized carbons (Fsp3) is 0.263. The number of carbonyl (C=O) groups is 2. The molecule has 0 radical (unpaired) electrons. The highest BCUT2D eigenvalue weighted by Crippen LogP contribution is 2.19. The van der Waals surface area contributed by atoms with E-state index in [0.717, 1.165) is 11.1 Å². The predicted octanol–water partition coefficient (Wildman–Crippen LogP) is 3.33. The van der Waals surface area contributed by atoms with Gasteiger partial charge in [0, 0.05) is 6.07 Å². The molecule has 0 aromatic heterocycles. The maximum atomic E-state index is 12.1. The average molecular weight is 356 g/mol. The number of nitro groups is 1. The van der Waals surface area contributed by atoms with Gasteiger partial charge in [0.2, 0.25) is 0 Å². The first-order valence-corrected chi connectivity index (χ1v) is 8.18. The molecule has 0 aliphatic rings. The van der Waals surface area contributed by atoms with Crippen molar-refractivity contribution in [3.63, 3.8) is 0 Å². The molecule has 2 rings (SSSR count). The van der Waals surface area contributed by atoms with Crippen LogP contribution in [0.15, 0.2) is 48.5 Å². The molecule has 1 amide bonds. The van der Waals surface area contributed by atoms with Gasteiger partial charge in [0.25, 0.3) is 11.6 Å². The molecule has 0 heterocycles. The molecule has 7 heteroatoms. The minimum Gasteiger partial charge on any atom is -0.452 e. The predicted molar refractivity (Wildman–Crippen MR) is 95.7 cm³/mol. The number of rotatable bonds is 7. The Morgan fingerprint density at radius 1 is 1.15 bits per heavy atom. The Hall–Kier alpha value is -3.22. The molecular formula is C19H20N2O5. The van der Waals surface area contributed by atoms with Crippen LogP contribution in [0.25, 0.3) is 0 Å². The SMILES string of the molecule is CC[C@@H](NC(=O)COC(=O)c1ccccc1[N+](=O)[O-])c1ccc(C)cc1. The third-order valence-corrected chi connectivity index (χ3v) is 3.88. The fourth-order valence-corrected chi connectivity index (χ4v) is 2.47. The van der Waals surface area contributed by atoms with E-state index in [2.05, 4.69) is 5.32 Å². The Balaban J connectivity index is 1.96. The van der Waals surface area contributed by atoms with Gasteiger partial charge in [0.05, 0.1) is 11.0 Å². The smallest absolute Gasteiger partial charge is 0.345 e. The minimum atomic E-state index is -0.907. The Morgan fingerprint density at radius 3 is 2.42 bits per heavy atom. The summed E-state index contributed by atoms with van der Waals surface area (Å²) >= 11 is 0.